The van der Waals surface area contributed by atoms with Crippen LogP contribution in [0.3, 0.4) is 0 Å². The normalized spacial score (nSPS) is 24.2. The standard InChI is InChI=1S/C18H28N2/c1-2-19-17-12-8-14-20(15-9-4-3-5-10-15)18-13-7-6-11-16(17)18/h6-7,11,13,15,17,19H,2-5,8-10,12,14H2,1H3. The summed E-state index contributed by atoms with van der Waals surface area (Å²) in [6, 6.07) is 10.4. The minimum Gasteiger partial charge on any atom is -0.368 e. The van der Waals surface area contributed by atoms with E-state index in [2.05, 4.69) is 41.4 Å². The zero-order valence-corrected chi connectivity index (χ0v) is 12.8. The van der Waals surface area contributed by atoms with Crippen LogP contribution in [0.4, 0.5) is 5.69 Å². The summed E-state index contributed by atoms with van der Waals surface area (Å²) in [6.07, 6.45) is 9.63. The fourth-order valence-corrected chi connectivity index (χ4v) is 4.02. The second-order valence-electron chi connectivity index (χ2n) is 6.30. The first kappa shape index (κ1) is 13.9. The number of fused-ring (bicyclic) bond motifs is 1. The molecule has 110 valence electrons. The maximum atomic E-state index is 3.68. The summed E-state index contributed by atoms with van der Waals surface area (Å²) in [6.45, 7) is 4.51. The van der Waals surface area contributed by atoms with E-state index < -0.39 is 0 Å². The molecule has 2 nitrogen and oxygen atoms in total. The van der Waals surface area contributed by atoms with Gasteiger partial charge in [0.15, 0.2) is 0 Å². The average Bonchev–Trinajstić information content (AvgIpc) is 2.69. The molecule has 1 unspecified atom stereocenters. The van der Waals surface area contributed by atoms with Crippen molar-refractivity contribution in [2.24, 2.45) is 0 Å². The molecular weight excluding hydrogens is 244 g/mol. The third kappa shape index (κ3) is 2.85. The summed E-state index contributed by atoms with van der Waals surface area (Å²) in [5, 5.41) is 3.68. The molecule has 0 spiro atoms. The Morgan fingerprint density at radius 3 is 2.65 bits per heavy atom. The van der Waals surface area contributed by atoms with E-state index in [1.807, 2.05) is 0 Å². The van der Waals surface area contributed by atoms with Gasteiger partial charge in [0.2, 0.25) is 0 Å². The van der Waals surface area contributed by atoms with Gasteiger partial charge in [-0.05, 0) is 43.9 Å². The molecule has 1 heterocycles. The second-order valence-corrected chi connectivity index (χ2v) is 6.30. The largest absolute Gasteiger partial charge is 0.368 e. The Kier molecular flexibility index (Phi) is 4.62. The number of hydrogen-bond donors (Lipinski definition) is 1. The van der Waals surface area contributed by atoms with Gasteiger partial charge in [0.25, 0.3) is 0 Å². The molecule has 2 heteroatoms. The maximum absolute atomic E-state index is 3.68. The van der Waals surface area contributed by atoms with Crippen molar-refractivity contribution in [1.29, 1.82) is 0 Å². The summed E-state index contributed by atoms with van der Waals surface area (Å²) in [5.41, 5.74) is 3.03. The molecule has 0 aromatic heterocycles. The molecule has 3 rings (SSSR count). The lowest BCUT2D eigenvalue weighted by molar-refractivity contribution is 0.412. The Morgan fingerprint density at radius 1 is 1.05 bits per heavy atom. The summed E-state index contributed by atoms with van der Waals surface area (Å²) in [7, 11) is 0. The summed E-state index contributed by atoms with van der Waals surface area (Å²) >= 11 is 0. The number of rotatable bonds is 3. The molecule has 1 aromatic rings. The number of hydrogen-bond acceptors (Lipinski definition) is 2. The van der Waals surface area contributed by atoms with E-state index in [4.69, 9.17) is 0 Å². The Balaban J connectivity index is 1.89. The van der Waals surface area contributed by atoms with E-state index in [-0.39, 0.29) is 0 Å². The minimum atomic E-state index is 0.546. The molecule has 1 N–H and O–H groups in total. The highest BCUT2D eigenvalue weighted by Gasteiger charge is 2.27. The van der Waals surface area contributed by atoms with Crippen molar-refractivity contribution in [2.45, 2.75) is 64.0 Å². The highest BCUT2D eigenvalue weighted by atomic mass is 15.2. The van der Waals surface area contributed by atoms with Crippen LogP contribution in [0.25, 0.3) is 0 Å². The number of anilines is 1. The third-order valence-corrected chi connectivity index (χ3v) is 4.98. The molecule has 1 atom stereocenters. The van der Waals surface area contributed by atoms with E-state index in [1.54, 1.807) is 0 Å². The van der Waals surface area contributed by atoms with Crippen molar-refractivity contribution >= 4 is 5.69 Å². The van der Waals surface area contributed by atoms with Crippen LogP contribution in [-0.4, -0.2) is 19.1 Å². The van der Waals surface area contributed by atoms with Crippen molar-refractivity contribution in [3.05, 3.63) is 29.8 Å². The van der Waals surface area contributed by atoms with Gasteiger partial charge in [0.05, 0.1) is 0 Å². The van der Waals surface area contributed by atoms with Crippen LogP contribution in [0, 0.1) is 0 Å². The lowest BCUT2D eigenvalue weighted by atomic mass is 9.93. The van der Waals surface area contributed by atoms with Gasteiger partial charge in [-0.25, -0.2) is 0 Å². The predicted molar refractivity (Wildman–Crippen MR) is 86.3 cm³/mol. The van der Waals surface area contributed by atoms with Gasteiger partial charge >= 0.3 is 0 Å². The molecule has 1 fully saturated rings. The lowest BCUT2D eigenvalue weighted by Crippen LogP contribution is -2.37. The Labute approximate surface area is 123 Å². The van der Waals surface area contributed by atoms with Gasteiger partial charge in [-0.15, -0.1) is 0 Å². The molecule has 1 aliphatic heterocycles. The molecule has 20 heavy (non-hydrogen) atoms. The zero-order valence-electron chi connectivity index (χ0n) is 12.8. The number of nitrogens with zero attached hydrogens (tertiary/aromatic N) is 1. The third-order valence-electron chi connectivity index (χ3n) is 4.98. The average molecular weight is 272 g/mol. The van der Waals surface area contributed by atoms with E-state index in [0.29, 0.717) is 6.04 Å². The van der Waals surface area contributed by atoms with E-state index in [0.717, 1.165) is 12.6 Å². The summed E-state index contributed by atoms with van der Waals surface area (Å²) in [5.74, 6) is 0. The monoisotopic (exact) mass is 272 g/mol. The van der Waals surface area contributed by atoms with Crippen LogP contribution in [-0.2, 0) is 0 Å². The quantitative estimate of drug-likeness (QED) is 0.884. The molecule has 1 saturated carbocycles. The van der Waals surface area contributed by atoms with Gasteiger partial charge < -0.3 is 10.2 Å². The highest BCUT2D eigenvalue weighted by molar-refractivity contribution is 5.56. The highest BCUT2D eigenvalue weighted by Crippen LogP contribution is 2.36. The molecular formula is C18H28N2. The number of benzene rings is 1. The molecule has 0 bridgehead atoms. The van der Waals surface area contributed by atoms with Gasteiger partial charge in [-0.1, -0.05) is 44.4 Å². The van der Waals surface area contributed by atoms with Crippen LogP contribution in [0.15, 0.2) is 24.3 Å². The summed E-state index contributed by atoms with van der Waals surface area (Å²) in [4.78, 5) is 2.73. The number of nitrogens with one attached hydrogen (secondary N) is 1. The van der Waals surface area contributed by atoms with Gasteiger partial charge in [-0.3, -0.25) is 0 Å². The van der Waals surface area contributed by atoms with Crippen molar-refractivity contribution in [1.82, 2.24) is 5.32 Å². The first-order chi connectivity index (χ1) is 9.90. The van der Waals surface area contributed by atoms with Gasteiger partial charge in [0, 0.05) is 24.3 Å². The molecule has 1 aromatic carbocycles. The SMILES string of the molecule is CCNC1CCCN(C2CCCCC2)c2ccccc21. The van der Waals surface area contributed by atoms with Crippen LogP contribution < -0.4 is 10.2 Å². The smallest absolute Gasteiger partial charge is 0.0417 e. The van der Waals surface area contributed by atoms with E-state index in [9.17, 15) is 0 Å². The Bertz CT molecular complexity index is 423. The Hall–Kier alpha value is -1.02. The van der Waals surface area contributed by atoms with Gasteiger partial charge in [-0.2, -0.15) is 0 Å². The van der Waals surface area contributed by atoms with Crippen LogP contribution in [0.2, 0.25) is 0 Å². The minimum absolute atomic E-state index is 0.546. The maximum Gasteiger partial charge on any atom is 0.0417 e. The van der Waals surface area contributed by atoms with Crippen molar-refractivity contribution in [3.8, 4) is 0 Å². The molecule has 1 aliphatic carbocycles. The topological polar surface area (TPSA) is 15.3 Å². The van der Waals surface area contributed by atoms with E-state index >= 15 is 0 Å². The van der Waals surface area contributed by atoms with Crippen LogP contribution >= 0.6 is 0 Å². The lowest BCUT2D eigenvalue weighted by Gasteiger charge is -2.36. The summed E-state index contributed by atoms with van der Waals surface area (Å²) < 4.78 is 0. The number of para-hydroxylation sites is 1. The van der Waals surface area contributed by atoms with Gasteiger partial charge in [0.1, 0.15) is 0 Å². The second kappa shape index (κ2) is 6.62. The molecule has 2 aliphatic rings. The van der Waals surface area contributed by atoms with Crippen molar-refractivity contribution < 1.29 is 0 Å². The zero-order chi connectivity index (χ0) is 13.8. The van der Waals surface area contributed by atoms with Crippen molar-refractivity contribution in [3.63, 3.8) is 0 Å². The van der Waals surface area contributed by atoms with E-state index in [1.165, 1.54) is 62.7 Å². The fraction of sp³-hybridized carbons (Fsp3) is 0.667. The first-order valence-corrected chi connectivity index (χ1v) is 8.49. The van der Waals surface area contributed by atoms with Crippen LogP contribution in [0.1, 0.15) is 63.5 Å². The molecule has 0 saturated heterocycles. The Morgan fingerprint density at radius 2 is 1.85 bits per heavy atom. The van der Waals surface area contributed by atoms with Crippen molar-refractivity contribution in [2.75, 3.05) is 18.0 Å². The molecule has 0 radical (unpaired) electrons. The fourth-order valence-electron chi connectivity index (χ4n) is 4.02. The molecule has 0 amide bonds. The first-order valence-electron chi connectivity index (χ1n) is 8.49. The van der Waals surface area contributed by atoms with Crippen LogP contribution in [0.5, 0.6) is 0 Å². The predicted octanol–water partition coefficient (Wildman–Crippen LogP) is 4.27.